The molecule has 214 valence electrons. The topological polar surface area (TPSA) is 105 Å². The van der Waals surface area contributed by atoms with Crippen molar-refractivity contribution < 1.29 is 14.4 Å². The van der Waals surface area contributed by atoms with Crippen LogP contribution in [0.4, 0.5) is 0 Å². The zero-order chi connectivity index (χ0) is 28.8. The molecule has 0 spiro atoms. The maximum Gasteiger partial charge on any atom is 0.253 e. The number of nitrogens with one attached hydrogen (secondary N) is 2. The van der Waals surface area contributed by atoms with Gasteiger partial charge in [-0.05, 0) is 55.4 Å². The van der Waals surface area contributed by atoms with Crippen LogP contribution < -0.4 is 16.4 Å². The number of carbonyl (C=O) groups excluding carboxylic acids is 3. The van der Waals surface area contributed by atoms with Crippen LogP contribution in [0.25, 0.3) is 0 Å². The molecule has 0 aliphatic rings. The Hall–Kier alpha value is -3.19. The fraction of sp³-hybridized carbons (Fsp3) is 0.531. The van der Waals surface area contributed by atoms with Crippen molar-refractivity contribution in [2.45, 2.75) is 78.8 Å². The van der Waals surface area contributed by atoms with Crippen LogP contribution >= 0.6 is 0 Å². The minimum atomic E-state index is -0.437. The highest BCUT2D eigenvalue weighted by Crippen LogP contribution is 2.15. The Morgan fingerprint density at radius 2 is 1.54 bits per heavy atom. The molecule has 2 rings (SSSR count). The first kappa shape index (κ1) is 32.0. The lowest BCUT2D eigenvalue weighted by molar-refractivity contribution is -0.125. The lowest BCUT2D eigenvalue weighted by Crippen LogP contribution is -2.50. The van der Waals surface area contributed by atoms with E-state index in [4.69, 9.17) is 5.73 Å². The Balaban J connectivity index is 2.18. The molecule has 0 aliphatic heterocycles. The molecule has 3 amide bonds. The molecule has 39 heavy (non-hydrogen) atoms. The van der Waals surface area contributed by atoms with Crippen LogP contribution in [0.3, 0.4) is 0 Å². The van der Waals surface area contributed by atoms with E-state index in [9.17, 15) is 14.4 Å². The van der Waals surface area contributed by atoms with E-state index in [1.54, 1.807) is 24.3 Å². The first-order chi connectivity index (χ1) is 18.7. The van der Waals surface area contributed by atoms with Crippen LogP contribution in [0.1, 0.15) is 86.6 Å². The normalized spacial score (nSPS) is 14.1. The summed E-state index contributed by atoms with van der Waals surface area (Å²) in [5.74, 6) is -0.247. The molecular formula is C32H48N4O3. The quantitative estimate of drug-likeness (QED) is 0.286. The number of hydrogen-bond donors (Lipinski definition) is 3. The van der Waals surface area contributed by atoms with E-state index in [2.05, 4.69) is 24.5 Å². The van der Waals surface area contributed by atoms with Gasteiger partial charge in [-0.1, -0.05) is 77.4 Å². The third kappa shape index (κ3) is 10.5. The second-order valence-corrected chi connectivity index (χ2v) is 10.7. The summed E-state index contributed by atoms with van der Waals surface area (Å²) >= 11 is 0. The molecule has 0 unspecified atom stereocenters. The predicted molar refractivity (Wildman–Crippen MR) is 159 cm³/mol. The molecule has 0 bridgehead atoms. The van der Waals surface area contributed by atoms with Crippen LogP contribution in [-0.2, 0) is 11.2 Å². The Morgan fingerprint density at radius 1 is 0.897 bits per heavy atom. The second-order valence-electron chi connectivity index (χ2n) is 10.7. The molecule has 0 aliphatic carbocycles. The largest absolute Gasteiger partial charge is 0.356 e. The fourth-order valence-electron chi connectivity index (χ4n) is 4.53. The summed E-state index contributed by atoms with van der Waals surface area (Å²) in [6.07, 6.45) is 3.72. The van der Waals surface area contributed by atoms with E-state index in [-0.39, 0.29) is 29.7 Å². The lowest BCUT2D eigenvalue weighted by Gasteiger charge is -2.27. The number of hydrogen-bond acceptors (Lipinski definition) is 4. The van der Waals surface area contributed by atoms with E-state index < -0.39 is 6.04 Å². The van der Waals surface area contributed by atoms with Gasteiger partial charge in [0.25, 0.3) is 11.8 Å². The number of amides is 3. The summed E-state index contributed by atoms with van der Waals surface area (Å²) in [5, 5.41) is 6.13. The number of rotatable bonds is 16. The van der Waals surface area contributed by atoms with Gasteiger partial charge >= 0.3 is 0 Å². The Labute approximate surface area is 234 Å². The summed E-state index contributed by atoms with van der Waals surface area (Å²) < 4.78 is 0. The Kier molecular flexibility index (Phi) is 13.7. The molecule has 4 atom stereocenters. The van der Waals surface area contributed by atoms with Gasteiger partial charge < -0.3 is 21.3 Å². The van der Waals surface area contributed by atoms with Crippen molar-refractivity contribution in [1.29, 1.82) is 0 Å². The first-order valence-corrected chi connectivity index (χ1v) is 14.5. The van der Waals surface area contributed by atoms with Crippen LogP contribution in [0, 0.1) is 11.8 Å². The minimum absolute atomic E-state index is 0.0227. The van der Waals surface area contributed by atoms with E-state index >= 15 is 0 Å². The van der Waals surface area contributed by atoms with Gasteiger partial charge in [0.2, 0.25) is 5.91 Å². The highest BCUT2D eigenvalue weighted by atomic mass is 16.2. The summed E-state index contributed by atoms with van der Waals surface area (Å²) in [7, 11) is 0. The summed E-state index contributed by atoms with van der Waals surface area (Å²) in [6.45, 7) is 12.2. The molecule has 0 saturated carbocycles. The lowest BCUT2D eigenvalue weighted by atomic mass is 9.91. The van der Waals surface area contributed by atoms with Crippen molar-refractivity contribution in [2.24, 2.45) is 17.6 Å². The van der Waals surface area contributed by atoms with Crippen LogP contribution in [-0.4, -0.2) is 54.3 Å². The van der Waals surface area contributed by atoms with Crippen LogP contribution in [0.15, 0.2) is 54.6 Å². The third-order valence-electron chi connectivity index (χ3n) is 7.17. The van der Waals surface area contributed by atoms with E-state index in [1.165, 1.54) is 0 Å². The van der Waals surface area contributed by atoms with Gasteiger partial charge in [0.05, 0.1) is 0 Å². The van der Waals surface area contributed by atoms with Gasteiger partial charge in [-0.15, -0.1) is 0 Å². The molecule has 2 aromatic carbocycles. The van der Waals surface area contributed by atoms with Crippen LogP contribution in [0.2, 0.25) is 0 Å². The number of benzene rings is 2. The monoisotopic (exact) mass is 536 g/mol. The first-order valence-electron chi connectivity index (χ1n) is 14.5. The molecule has 0 saturated heterocycles. The summed E-state index contributed by atoms with van der Waals surface area (Å²) in [6, 6.07) is 15.9. The van der Waals surface area contributed by atoms with Crippen molar-refractivity contribution in [3.8, 4) is 0 Å². The smallest absolute Gasteiger partial charge is 0.253 e. The molecule has 4 N–H and O–H groups in total. The molecular weight excluding hydrogens is 488 g/mol. The van der Waals surface area contributed by atoms with Crippen molar-refractivity contribution in [3.05, 3.63) is 71.3 Å². The maximum absolute atomic E-state index is 13.4. The average Bonchev–Trinajstić information content (AvgIpc) is 2.95. The number of nitrogens with zero attached hydrogens (tertiary/aromatic N) is 1. The zero-order valence-corrected chi connectivity index (χ0v) is 24.4. The van der Waals surface area contributed by atoms with Gasteiger partial charge in [0.1, 0.15) is 0 Å². The predicted octanol–water partition coefficient (Wildman–Crippen LogP) is 4.81. The molecule has 0 fully saturated rings. The number of nitrogens with two attached hydrogens (primary N) is 1. The average molecular weight is 537 g/mol. The number of carbonyl (C=O) groups is 3. The Bertz CT molecular complexity index is 1040. The van der Waals surface area contributed by atoms with E-state index in [0.717, 1.165) is 24.8 Å². The van der Waals surface area contributed by atoms with Crippen molar-refractivity contribution in [2.75, 3.05) is 19.6 Å². The van der Waals surface area contributed by atoms with Crippen molar-refractivity contribution in [1.82, 2.24) is 15.5 Å². The third-order valence-corrected chi connectivity index (χ3v) is 7.17. The molecule has 0 aromatic heterocycles. The van der Waals surface area contributed by atoms with E-state index in [0.29, 0.717) is 49.5 Å². The van der Waals surface area contributed by atoms with Crippen molar-refractivity contribution >= 4 is 17.7 Å². The minimum Gasteiger partial charge on any atom is -0.356 e. The van der Waals surface area contributed by atoms with Gasteiger partial charge in [-0.3, -0.25) is 14.4 Å². The zero-order valence-electron chi connectivity index (χ0n) is 24.4. The van der Waals surface area contributed by atoms with Gasteiger partial charge in [-0.25, -0.2) is 0 Å². The van der Waals surface area contributed by atoms with E-state index in [1.807, 2.05) is 56.0 Å². The molecule has 0 heterocycles. The van der Waals surface area contributed by atoms with Crippen LogP contribution in [0.5, 0.6) is 0 Å². The highest BCUT2D eigenvalue weighted by molar-refractivity contribution is 5.99. The standard InChI is InChI=1S/C32H48N4O3/c1-6-17-36(18-7-2)32(39)27-16-12-15-26(21-27)31(38)35-29(20-25-13-10-9-11-14-25)28(33)19-24(5)30(37)34-22-23(4)8-3/h9-16,21,23-24,28-29H,6-8,17-20,22,33H2,1-5H3,(H,34,37)(H,35,38)/t23-,24+,28-,29-/m0/s1. The van der Waals surface area contributed by atoms with Crippen molar-refractivity contribution in [3.63, 3.8) is 0 Å². The molecule has 7 nitrogen and oxygen atoms in total. The van der Waals surface area contributed by atoms with Gasteiger partial charge in [-0.2, -0.15) is 0 Å². The molecule has 2 aromatic rings. The summed E-state index contributed by atoms with van der Waals surface area (Å²) in [4.78, 5) is 41.0. The second kappa shape index (κ2) is 16.7. The Morgan fingerprint density at radius 3 is 2.15 bits per heavy atom. The van der Waals surface area contributed by atoms with Gasteiger partial charge in [0.15, 0.2) is 0 Å². The molecule has 7 heteroatoms. The molecule has 0 radical (unpaired) electrons. The maximum atomic E-state index is 13.4. The fourth-order valence-corrected chi connectivity index (χ4v) is 4.53. The SMILES string of the molecule is CCCN(CCC)C(=O)c1cccc(C(=O)N[C@@H](Cc2ccccc2)[C@@H](N)C[C@@H](C)C(=O)NC[C@@H](C)CC)c1. The van der Waals surface area contributed by atoms with Gasteiger partial charge in [0, 0.05) is 48.8 Å². The summed E-state index contributed by atoms with van der Waals surface area (Å²) in [5.41, 5.74) is 8.60. The highest BCUT2D eigenvalue weighted by Gasteiger charge is 2.26.